The molecule has 0 radical (unpaired) electrons. The number of nitrogens with zero attached hydrogens (tertiary/aromatic N) is 3. The predicted molar refractivity (Wildman–Crippen MR) is 81.7 cm³/mol. The van der Waals surface area contributed by atoms with E-state index in [1.54, 1.807) is 0 Å². The molecule has 1 aromatic rings. The van der Waals surface area contributed by atoms with Crippen LogP contribution in [0.25, 0.3) is 0 Å². The van der Waals surface area contributed by atoms with E-state index in [1.165, 1.54) is 40.9 Å². The first-order valence-corrected chi connectivity index (χ1v) is 8.13. The van der Waals surface area contributed by atoms with Crippen molar-refractivity contribution in [3.8, 4) is 6.07 Å². The lowest BCUT2D eigenvalue weighted by molar-refractivity contribution is -0.163. The summed E-state index contributed by atoms with van der Waals surface area (Å²) in [6, 6.07) is 7.88. The molecule has 1 fully saturated rings. The Morgan fingerprint density at radius 2 is 2.00 bits per heavy atom. The van der Waals surface area contributed by atoms with E-state index in [4.69, 9.17) is 5.26 Å². The van der Waals surface area contributed by atoms with Gasteiger partial charge in [0.2, 0.25) is 11.8 Å². The van der Waals surface area contributed by atoms with Crippen molar-refractivity contribution >= 4 is 23.6 Å². The molecule has 1 saturated heterocycles. The topological polar surface area (TPSA) is 64.4 Å². The number of carbonyl (C=O) groups is 2. The zero-order valence-corrected chi connectivity index (χ0v) is 13.4. The van der Waals surface area contributed by atoms with Crippen molar-refractivity contribution in [2.45, 2.75) is 12.7 Å². The first-order valence-electron chi connectivity index (χ1n) is 6.97. The van der Waals surface area contributed by atoms with Gasteiger partial charge in [0.05, 0.1) is 23.3 Å². The third-order valence-electron chi connectivity index (χ3n) is 3.33. The number of carbonyl (C=O) groups excluding carboxylic acids is 2. The van der Waals surface area contributed by atoms with Crippen LogP contribution in [0.2, 0.25) is 0 Å². The van der Waals surface area contributed by atoms with E-state index < -0.39 is 18.6 Å². The summed E-state index contributed by atoms with van der Waals surface area (Å²) < 4.78 is 38.3. The standard InChI is InChI=1S/C15H14F3N3O2S/c16-15(17,18)9-20(6-12-3-1-11(5-19)2-4-12)13(22)7-21-10-24-8-14(21)23/h1-4H,6-10H2. The molecule has 1 heterocycles. The van der Waals surface area contributed by atoms with Crippen LogP contribution in [0.4, 0.5) is 13.2 Å². The quantitative estimate of drug-likeness (QED) is 0.808. The Morgan fingerprint density at radius 1 is 1.33 bits per heavy atom. The molecule has 0 saturated carbocycles. The molecule has 0 spiro atoms. The third-order valence-corrected chi connectivity index (χ3v) is 4.28. The molecule has 0 aromatic heterocycles. The van der Waals surface area contributed by atoms with Crippen LogP contribution in [0.3, 0.4) is 0 Å². The van der Waals surface area contributed by atoms with Crippen molar-refractivity contribution in [3.63, 3.8) is 0 Å². The Kier molecular flexibility index (Phi) is 5.72. The number of nitriles is 1. The van der Waals surface area contributed by atoms with Crippen LogP contribution in [-0.2, 0) is 16.1 Å². The van der Waals surface area contributed by atoms with E-state index in [1.807, 2.05) is 6.07 Å². The Labute approximate surface area is 141 Å². The van der Waals surface area contributed by atoms with Gasteiger partial charge in [0.15, 0.2) is 0 Å². The number of alkyl halides is 3. The molecule has 0 aliphatic carbocycles. The highest BCUT2D eigenvalue weighted by Gasteiger charge is 2.34. The highest BCUT2D eigenvalue weighted by molar-refractivity contribution is 8.00. The second-order valence-corrected chi connectivity index (χ2v) is 6.20. The fourth-order valence-corrected chi connectivity index (χ4v) is 3.06. The molecular formula is C15H14F3N3O2S. The number of amides is 2. The highest BCUT2D eigenvalue weighted by Crippen LogP contribution is 2.20. The second-order valence-electron chi connectivity index (χ2n) is 5.24. The Balaban J connectivity index is 2.09. The minimum Gasteiger partial charge on any atom is -0.328 e. The van der Waals surface area contributed by atoms with E-state index in [0.717, 1.165) is 0 Å². The zero-order valence-electron chi connectivity index (χ0n) is 12.5. The minimum absolute atomic E-state index is 0.237. The number of thioether (sulfide) groups is 1. The van der Waals surface area contributed by atoms with E-state index >= 15 is 0 Å². The lowest BCUT2D eigenvalue weighted by Gasteiger charge is -2.26. The summed E-state index contributed by atoms with van der Waals surface area (Å²) in [4.78, 5) is 25.7. The van der Waals surface area contributed by atoms with Crippen molar-refractivity contribution in [1.29, 1.82) is 5.26 Å². The molecule has 5 nitrogen and oxygen atoms in total. The highest BCUT2D eigenvalue weighted by atomic mass is 32.2. The molecule has 0 atom stereocenters. The fourth-order valence-electron chi connectivity index (χ4n) is 2.16. The van der Waals surface area contributed by atoms with Crippen LogP contribution in [0.5, 0.6) is 0 Å². The molecule has 2 amide bonds. The normalized spacial score (nSPS) is 14.6. The minimum atomic E-state index is -4.54. The average molecular weight is 357 g/mol. The van der Waals surface area contributed by atoms with Crippen LogP contribution >= 0.6 is 11.8 Å². The van der Waals surface area contributed by atoms with Crippen LogP contribution < -0.4 is 0 Å². The molecule has 24 heavy (non-hydrogen) atoms. The first-order chi connectivity index (χ1) is 11.3. The van der Waals surface area contributed by atoms with E-state index in [2.05, 4.69) is 0 Å². The van der Waals surface area contributed by atoms with Crippen molar-refractivity contribution in [2.75, 3.05) is 24.7 Å². The number of hydrogen-bond acceptors (Lipinski definition) is 4. The van der Waals surface area contributed by atoms with E-state index in [9.17, 15) is 22.8 Å². The number of hydrogen-bond donors (Lipinski definition) is 0. The van der Waals surface area contributed by atoms with Gasteiger partial charge in [0.1, 0.15) is 13.1 Å². The Bertz CT molecular complexity index is 655. The number of rotatable bonds is 5. The predicted octanol–water partition coefficient (Wildman–Crippen LogP) is 1.98. The van der Waals surface area contributed by atoms with Gasteiger partial charge in [-0.25, -0.2) is 0 Å². The van der Waals surface area contributed by atoms with E-state index in [0.29, 0.717) is 21.9 Å². The smallest absolute Gasteiger partial charge is 0.328 e. The number of halogens is 3. The molecular weight excluding hydrogens is 343 g/mol. The van der Waals surface area contributed by atoms with Crippen LogP contribution in [0, 0.1) is 11.3 Å². The SMILES string of the molecule is N#Cc1ccc(CN(CC(F)(F)F)C(=O)CN2CSCC2=O)cc1. The average Bonchev–Trinajstić information content (AvgIpc) is 2.91. The van der Waals surface area contributed by atoms with Gasteiger partial charge in [-0.3, -0.25) is 9.59 Å². The van der Waals surface area contributed by atoms with Crippen molar-refractivity contribution in [3.05, 3.63) is 35.4 Å². The zero-order chi connectivity index (χ0) is 17.7. The van der Waals surface area contributed by atoms with Gasteiger partial charge in [0, 0.05) is 6.54 Å². The summed E-state index contributed by atoms with van der Waals surface area (Å²) in [6.45, 7) is -1.99. The third kappa shape index (κ3) is 5.16. The summed E-state index contributed by atoms with van der Waals surface area (Å²) >= 11 is 1.32. The van der Waals surface area contributed by atoms with Crippen molar-refractivity contribution < 1.29 is 22.8 Å². The molecule has 1 aliphatic rings. The summed E-state index contributed by atoms with van der Waals surface area (Å²) in [5.41, 5.74) is 0.862. The van der Waals surface area contributed by atoms with Gasteiger partial charge in [-0.15, -0.1) is 11.8 Å². The Morgan fingerprint density at radius 3 is 2.50 bits per heavy atom. The van der Waals surface area contributed by atoms with E-state index in [-0.39, 0.29) is 24.7 Å². The second kappa shape index (κ2) is 7.57. The van der Waals surface area contributed by atoms with Crippen LogP contribution in [0.15, 0.2) is 24.3 Å². The monoisotopic (exact) mass is 357 g/mol. The van der Waals surface area contributed by atoms with Crippen LogP contribution in [0.1, 0.15) is 11.1 Å². The molecule has 0 N–H and O–H groups in total. The van der Waals surface area contributed by atoms with Gasteiger partial charge in [0.25, 0.3) is 0 Å². The summed E-state index contributed by atoms with van der Waals surface area (Å²) in [6.07, 6.45) is -4.54. The molecule has 0 bridgehead atoms. The maximum absolute atomic E-state index is 12.8. The molecule has 9 heteroatoms. The van der Waals surface area contributed by atoms with Crippen LogP contribution in [-0.4, -0.2) is 52.5 Å². The molecule has 1 aliphatic heterocycles. The lowest BCUT2D eigenvalue weighted by Crippen LogP contribution is -2.44. The maximum atomic E-state index is 12.8. The molecule has 2 rings (SSSR count). The summed E-state index contributed by atoms with van der Waals surface area (Å²) in [5.74, 6) is -0.463. The first kappa shape index (κ1) is 18.1. The molecule has 1 aromatic carbocycles. The molecule has 128 valence electrons. The molecule has 0 unspecified atom stereocenters. The van der Waals surface area contributed by atoms with Gasteiger partial charge < -0.3 is 9.80 Å². The van der Waals surface area contributed by atoms with Gasteiger partial charge in [-0.1, -0.05) is 12.1 Å². The summed E-state index contributed by atoms with van der Waals surface area (Å²) in [5, 5.41) is 8.73. The van der Waals surface area contributed by atoms with Gasteiger partial charge >= 0.3 is 6.18 Å². The summed E-state index contributed by atoms with van der Waals surface area (Å²) in [7, 11) is 0. The van der Waals surface area contributed by atoms with Gasteiger partial charge in [-0.05, 0) is 17.7 Å². The largest absolute Gasteiger partial charge is 0.406 e. The fraction of sp³-hybridized carbons (Fsp3) is 0.400. The van der Waals surface area contributed by atoms with Crippen molar-refractivity contribution in [1.82, 2.24) is 9.80 Å². The maximum Gasteiger partial charge on any atom is 0.406 e. The Hall–Kier alpha value is -2.21. The number of benzene rings is 1. The van der Waals surface area contributed by atoms with Gasteiger partial charge in [-0.2, -0.15) is 18.4 Å². The van der Waals surface area contributed by atoms with Crippen molar-refractivity contribution in [2.24, 2.45) is 0 Å². The lowest BCUT2D eigenvalue weighted by atomic mass is 10.1.